The number of rotatable bonds is 5. The maximum Gasteiger partial charge on any atom is 0.335 e. The lowest BCUT2D eigenvalue weighted by molar-refractivity contribution is -0.130. The molecule has 1 N–H and O–H groups in total. The average Bonchev–Trinajstić information content (AvgIpc) is 2.34. The zero-order valence-electron chi connectivity index (χ0n) is 10.7. The molecule has 9 heteroatoms. The number of carboxylic acid groups (broad SMARTS) is 1. The van der Waals surface area contributed by atoms with Crippen molar-refractivity contribution >= 4 is 31.6 Å². The second-order valence-corrected chi connectivity index (χ2v) is 6.52. The molecule has 1 aromatic rings. The Hall–Kier alpha value is -1.80. The molecule has 1 amide bonds. The number of carboxylic acids is 1. The highest BCUT2D eigenvalue weighted by Crippen LogP contribution is 2.28. The summed E-state index contributed by atoms with van der Waals surface area (Å²) in [6.07, 6.45) is 0. The molecule has 0 saturated carbocycles. The Labute approximate surface area is 120 Å². The molecule has 1 aromatic carbocycles. The van der Waals surface area contributed by atoms with Gasteiger partial charge in [0.15, 0.2) is 6.61 Å². The van der Waals surface area contributed by atoms with Crippen LogP contribution in [0.2, 0.25) is 0 Å². The lowest BCUT2D eigenvalue weighted by Gasteiger charge is -2.13. The van der Waals surface area contributed by atoms with Crippen molar-refractivity contribution in [1.82, 2.24) is 4.90 Å². The van der Waals surface area contributed by atoms with Gasteiger partial charge in [0.1, 0.15) is 10.6 Å². The van der Waals surface area contributed by atoms with Crippen LogP contribution in [0, 0.1) is 0 Å². The Bertz CT molecular complexity index is 640. The number of ether oxygens (including phenoxy) is 1. The first-order chi connectivity index (χ1) is 9.12. The molecule has 7 nitrogen and oxygen atoms in total. The van der Waals surface area contributed by atoms with E-state index in [-0.39, 0.29) is 17.2 Å². The van der Waals surface area contributed by atoms with E-state index in [1.807, 2.05) is 0 Å². The third kappa shape index (κ3) is 4.10. The van der Waals surface area contributed by atoms with Crippen molar-refractivity contribution in [3.8, 4) is 5.75 Å². The second-order valence-electron chi connectivity index (χ2n) is 3.98. The number of aromatic carboxylic acids is 1. The second kappa shape index (κ2) is 6.10. The number of benzene rings is 1. The number of amides is 1. The molecule has 110 valence electrons. The molecule has 0 saturated heterocycles. The van der Waals surface area contributed by atoms with Crippen LogP contribution in [-0.2, 0) is 13.8 Å². The number of carbonyl (C=O) groups is 2. The molecule has 0 atom stereocenters. The molecule has 0 aromatic heterocycles. The van der Waals surface area contributed by atoms with Gasteiger partial charge in [-0.2, -0.15) is 0 Å². The summed E-state index contributed by atoms with van der Waals surface area (Å²) in [7, 11) is 4.05. The molecule has 0 aliphatic heterocycles. The summed E-state index contributed by atoms with van der Waals surface area (Å²) in [6, 6.07) is 3.17. The maximum atomic E-state index is 11.4. The molecule has 0 spiro atoms. The van der Waals surface area contributed by atoms with Crippen molar-refractivity contribution in [2.45, 2.75) is 4.90 Å². The maximum absolute atomic E-state index is 11.4. The van der Waals surface area contributed by atoms with E-state index in [9.17, 15) is 18.0 Å². The Morgan fingerprint density at radius 1 is 1.35 bits per heavy atom. The smallest absolute Gasteiger partial charge is 0.335 e. The summed E-state index contributed by atoms with van der Waals surface area (Å²) < 4.78 is 27.9. The summed E-state index contributed by atoms with van der Waals surface area (Å²) in [5, 5.41) is 8.82. The van der Waals surface area contributed by atoms with E-state index in [1.165, 1.54) is 19.0 Å². The highest BCUT2D eigenvalue weighted by atomic mass is 35.7. The van der Waals surface area contributed by atoms with Crippen LogP contribution in [0.5, 0.6) is 5.75 Å². The van der Waals surface area contributed by atoms with E-state index in [1.54, 1.807) is 0 Å². The fraction of sp³-hybridized carbons (Fsp3) is 0.273. The van der Waals surface area contributed by atoms with Gasteiger partial charge in [-0.05, 0) is 18.2 Å². The van der Waals surface area contributed by atoms with E-state index in [0.717, 1.165) is 18.2 Å². The van der Waals surface area contributed by atoms with Crippen molar-refractivity contribution in [1.29, 1.82) is 0 Å². The Morgan fingerprint density at radius 3 is 2.40 bits per heavy atom. The van der Waals surface area contributed by atoms with Crippen molar-refractivity contribution in [2.24, 2.45) is 0 Å². The van der Waals surface area contributed by atoms with Gasteiger partial charge in [-0.3, -0.25) is 4.79 Å². The first kappa shape index (κ1) is 16.3. The Balaban J connectivity index is 3.14. The molecule has 0 aliphatic rings. The van der Waals surface area contributed by atoms with E-state index in [4.69, 9.17) is 20.5 Å². The van der Waals surface area contributed by atoms with Crippen LogP contribution < -0.4 is 4.74 Å². The molecular formula is C11H12ClNO6S. The fourth-order valence-electron chi connectivity index (χ4n) is 1.22. The summed E-state index contributed by atoms with van der Waals surface area (Å²) in [4.78, 5) is 23.0. The van der Waals surface area contributed by atoms with Crippen molar-refractivity contribution in [3.05, 3.63) is 23.8 Å². The van der Waals surface area contributed by atoms with Crippen LogP contribution in [0.4, 0.5) is 0 Å². The normalized spacial score (nSPS) is 10.9. The summed E-state index contributed by atoms with van der Waals surface area (Å²) in [6.45, 7) is -0.390. The summed E-state index contributed by atoms with van der Waals surface area (Å²) in [5.74, 6) is -1.87. The third-order valence-corrected chi connectivity index (χ3v) is 3.65. The number of carbonyl (C=O) groups excluding carboxylic acids is 1. The lowest BCUT2D eigenvalue weighted by Crippen LogP contribution is -2.27. The van der Waals surface area contributed by atoms with Crippen molar-refractivity contribution in [3.63, 3.8) is 0 Å². The topological polar surface area (TPSA) is 101 Å². The first-order valence-corrected chi connectivity index (χ1v) is 7.59. The predicted octanol–water partition coefficient (Wildman–Crippen LogP) is 0.779. The number of likely N-dealkylation sites (N-methyl/N-ethyl adjacent to an activating group) is 1. The van der Waals surface area contributed by atoms with Crippen LogP contribution >= 0.6 is 10.7 Å². The van der Waals surface area contributed by atoms with Gasteiger partial charge in [-0.1, -0.05) is 0 Å². The molecule has 0 heterocycles. The van der Waals surface area contributed by atoms with Crippen LogP contribution in [0.3, 0.4) is 0 Å². The van der Waals surface area contributed by atoms with Crippen LogP contribution in [0.1, 0.15) is 10.4 Å². The average molecular weight is 322 g/mol. The van der Waals surface area contributed by atoms with Gasteiger partial charge in [0.05, 0.1) is 5.56 Å². The largest absolute Gasteiger partial charge is 0.482 e. The van der Waals surface area contributed by atoms with Gasteiger partial charge >= 0.3 is 5.97 Å². The minimum Gasteiger partial charge on any atom is -0.482 e. The quantitative estimate of drug-likeness (QED) is 0.804. The van der Waals surface area contributed by atoms with Crippen molar-refractivity contribution in [2.75, 3.05) is 20.7 Å². The van der Waals surface area contributed by atoms with Gasteiger partial charge in [0, 0.05) is 24.8 Å². The number of hydrogen-bond acceptors (Lipinski definition) is 5. The zero-order chi connectivity index (χ0) is 15.5. The molecule has 1 rings (SSSR count). The monoisotopic (exact) mass is 321 g/mol. The van der Waals surface area contributed by atoms with E-state index < -0.39 is 26.5 Å². The highest BCUT2D eigenvalue weighted by molar-refractivity contribution is 8.13. The van der Waals surface area contributed by atoms with Gasteiger partial charge in [0.25, 0.3) is 15.0 Å². The SMILES string of the molecule is CN(C)C(=O)COc1ccc(C(=O)O)cc1S(=O)(=O)Cl. The van der Waals surface area contributed by atoms with Gasteiger partial charge in [-0.25, -0.2) is 13.2 Å². The van der Waals surface area contributed by atoms with E-state index in [0.29, 0.717) is 0 Å². The Kier molecular flexibility index (Phi) is 4.96. The zero-order valence-corrected chi connectivity index (χ0v) is 12.2. The molecule has 20 heavy (non-hydrogen) atoms. The van der Waals surface area contributed by atoms with Crippen molar-refractivity contribution < 1.29 is 27.9 Å². The minimum absolute atomic E-state index is 0.180. The van der Waals surface area contributed by atoms with Gasteiger partial charge in [-0.15, -0.1) is 0 Å². The molecule has 0 unspecified atom stereocenters. The lowest BCUT2D eigenvalue weighted by atomic mass is 10.2. The Morgan fingerprint density at radius 2 is 1.95 bits per heavy atom. The first-order valence-electron chi connectivity index (χ1n) is 5.28. The van der Waals surface area contributed by atoms with Gasteiger partial charge < -0.3 is 14.7 Å². The molecule has 0 bridgehead atoms. The van der Waals surface area contributed by atoms with E-state index >= 15 is 0 Å². The fourth-order valence-corrected chi connectivity index (χ4v) is 2.22. The molecular weight excluding hydrogens is 310 g/mol. The van der Waals surface area contributed by atoms with E-state index in [2.05, 4.69) is 0 Å². The number of hydrogen-bond donors (Lipinski definition) is 1. The standard InChI is InChI=1S/C11H12ClNO6S/c1-13(2)10(14)6-19-8-4-3-7(11(15)16)5-9(8)20(12,17)18/h3-5H,6H2,1-2H3,(H,15,16). The van der Waals surface area contributed by atoms with Crippen LogP contribution in [0.25, 0.3) is 0 Å². The molecule has 0 aliphatic carbocycles. The van der Waals surface area contributed by atoms with Crippen LogP contribution in [0.15, 0.2) is 23.1 Å². The summed E-state index contributed by atoms with van der Waals surface area (Å²) >= 11 is 0. The third-order valence-electron chi connectivity index (χ3n) is 2.30. The van der Waals surface area contributed by atoms with Gasteiger partial charge in [0.2, 0.25) is 0 Å². The van der Waals surface area contributed by atoms with Crippen LogP contribution in [-0.4, -0.2) is 51.0 Å². The highest BCUT2D eigenvalue weighted by Gasteiger charge is 2.20. The number of halogens is 1. The molecule has 0 fully saturated rings. The minimum atomic E-state index is -4.20. The molecule has 0 radical (unpaired) electrons. The summed E-state index contributed by atoms with van der Waals surface area (Å²) in [5.41, 5.74) is -0.254. The number of nitrogens with zero attached hydrogens (tertiary/aromatic N) is 1. The predicted molar refractivity (Wildman–Crippen MR) is 70.6 cm³/mol.